The molecule has 0 atom stereocenters. The Morgan fingerprint density at radius 3 is 2.58 bits per heavy atom. The Kier molecular flexibility index (Phi) is 4.59. The lowest BCUT2D eigenvalue weighted by Crippen LogP contribution is -2.34. The van der Waals surface area contributed by atoms with Crippen LogP contribution < -0.4 is 0 Å². The Bertz CT molecular complexity index is 492. The molecule has 1 amide bonds. The lowest BCUT2D eigenvalue weighted by Gasteiger charge is -2.30. The molecule has 1 aromatic rings. The van der Waals surface area contributed by atoms with E-state index in [0.29, 0.717) is 11.5 Å². The molecule has 0 unspecified atom stereocenters. The van der Waals surface area contributed by atoms with E-state index in [2.05, 4.69) is 11.8 Å². The number of aliphatic hydroxyl groups excluding tert-OH is 1. The monoisotopic (exact) mass is 257 g/mol. The van der Waals surface area contributed by atoms with Gasteiger partial charge >= 0.3 is 0 Å². The first kappa shape index (κ1) is 13.6. The van der Waals surface area contributed by atoms with Gasteiger partial charge in [-0.3, -0.25) is 4.79 Å². The van der Waals surface area contributed by atoms with Crippen LogP contribution in [0.2, 0.25) is 0 Å². The highest BCUT2D eigenvalue weighted by atomic mass is 16.2. The molecule has 19 heavy (non-hydrogen) atoms. The number of carbonyl (C=O) groups excluding carboxylic acids is 1. The van der Waals surface area contributed by atoms with Gasteiger partial charge in [0.2, 0.25) is 0 Å². The van der Waals surface area contributed by atoms with Crippen molar-refractivity contribution in [1.82, 2.24) is 4.90 Å². The Hall–Kier alpha value is -1.79. The second-order valence-electron chi connectivity index (χ2n) is 5.02. The van der Waals surface area contributed by atoms with Crippen molar-refractivity contribution in [2.45, 2.75) is 19.3 Å². The minimum absolute atomic E-state index is 0.0635. The number of aliphatic hydroxyl groups is 1. The van der Waals surface area contributed by atoms with Crippen molar-refractivity contribution in [3.05, 3.63) is 35.4 Å². The first-order valence-electron chi connectivity index (χ1n) is 6.66. The molecule has 1 N–H and O–H groups in total. The van der Waals surface area contributed by atoms with Crippen molar-refractivity contribution >= 4 is 5.91 Å². The molecule has 0 radical (unpaired) electrons. The van der Waals surface area contributed by atoms with Gasteiger partial charge in [-0.05, 0) is 43.0 Å². The molecule has 0 aromatic heterocycles. The van der Waals surface area contributed by atoms with Gasteiger partial charge in [0, 0.05) is 24.7 Å². The van der Waals surface area contributed by atoms with Crippen LogP contribution in [-0.2, 0) is 0 Å². The van der Waals surface area contributed by atoms with Crippen LogP contribution in [0.1, 0.15) is 35.2 Å². The summed E-state index contributed by atoms with van der Waals surface area (Å²) in [6.45, 7) is 0.704. The predicted octanol–water partition coefficient (Wildman–Crippen LogP) is 1.90. The highest BCUT2D eigenvalue weighted by Gasteiger charge is 2.21. The fraction of sp³-hybridized carbons (Fsp3) is 0.438. The SMILES string of the molecule is CN(CC1CCC1)C(=O)c1ccc(C#CCO)cc1. The zero-order valence-electron chi connectivity index (χ0n) is 11.2. The molecule has 1 saturated carbocycles. The summed E-state index contributed by atoms with van der Waals surface area (Å²) < 4.78 is 0. The minimum Gasteiger partial charge on any atom is -0.384 e. The summed E-state index contributed by atoms with van der Waals surface area (Å²) in [5.74, 6) is 6.15. The molecule has 2 rings (SSSR count). The molecule has 0 heterocycles. The molecule has 1 fully saturated rings. The summed E-state index contributed by atoms with van der Waals surface area (Å²) in [6.07, 6.45) is 3.78. The van der Waals surface area contributed by atoms with E-state index >= 15 is 0 Å². The van der Waals surface area contributed by atoms with Crippen molar-refractivity contribution in [2.75, 3.05) is 20.2 Å². The molecule has 0 spiro atoms. The normalized spacial score (nSPS) is 14.2. The van der Waals surface area contributed by atoms with E-state index in [1.54, 1.807) is 17.0 Å². The third kappa shape index (κ3) is 3.59. The van der Waals surface area contributed by atoms with Crippen LogP contribution in [0.4, 0.5) is 0 Å². The molecule has 1 aromatic carbocycles. The summed E-state index contributed by atoms with van der Waals surface area (Å²) in [7, 11) is 1.86. The quantitative estimate of drug-likeness (QED) is 0.840. The lowest BCUT2D eigenvalue weighted by atomic mass is 9.85. The van der Waals surface area contributed by atoms with Crippen molar-refractivity contribution in [3.8, 4) is 11.8 Å². The van der Waals surface area contributed by atoms with Crippen LogP contribution in [0.25, 0.3) is 0 Å². The second kappa shape index (κ2) is 6.40. The molecular formula is C16H19NO2. The van der Waals surface area contributed by atoms with Gasteiger partial charge in [-0.1, -0.05) is 18.3 Å². The Morgan fingerprint density at radius 2 is 2.05 bits per heavy atom. The fourth-order valence-corrected chi connectivity index (χ4v) is 2.20. The third-order valence-electron chi connectivity index (χ3n) is 3.55. The standard InChI is InChI=1S/C16H19NO2/c1-17(12-14-4-2-5-14)16(19)15-9-7-13(8-10-15)6-3-11-18/h7-10,14,18H,2,4-5,11-12H2,1H3. The van der Waals surface area contributed by atoms with Gasteiger partial charge in [0.05, 0.1) is 0 Å². The topological polar surface area (TPSA) is 40.5 Å². The molecule has 0 bridgehead atoms. The van der Waals surface area contributed by atoms with E-state index in [0.717, 1.165) is 12.1 Å². The van der Waals surface area contributed by atoms with Gasteiger partial charge in [0.1, 0.15) is 6.61 Å². The van der Waals surface area contributed by atoms with Crippen molar-refractivity contribution in [2.24, 2.45) is 5.92 Å². The van der Waals surface area contributed by atoms with Crippen LogP contribution in [0.5, 0.6) is 0 Å². The summed E-state index contributed by atoms with van der Waals surface area (Å²) >= 11 is 0. The van der Waals surface area contributed by atoms with Gasteiger partial charge in [0.15, 0.2) is 0 Å². The van der Waals surface area contributed by atoms with Crippen LogP contribution >= 0.6 is 0 Å². The zero-order chi connectivity index (χ0) is 13.7. The maximum absolute atomic E-state index is 12.2. The molecule has 3 heteroatoms. The number of hydrogen-bond acceptors (Lipinski definition) is 2. The largest absolute Gasteiger partial charge is 0.384 e. The smallest absolute Gasteiger partial charge is 0.253 e. The van der Waals surface area contributed by atoms with Crippen LogP contribution in [-0.4, -0.2) is 36.1 Å². The number of amides is 1. The number of hydrogen-bond donors (Lipinski definition) is 1. The number of nitrogens with zero attached hydrogens (tertiary/aromatic N) is 1. The van der Waals surface area contributed by atoms with Gasteiger partial charge in [0.25, 0.3) is 5.91 Å². The molecular weight excluding hydrogens is 238 g/mol. The van der Waals surface area contributed by atoms with E-state index in [4.69, 9.17) is 5.11 Å². The third-order valence-corrected chi connectivity index (χ3v) is 3.55. The zero-order valence-corrected chi connectivity index (χ0v) is 11.2. The first-order valence-corrected chi connectivity index (χ1v) is 6.66. The van der Waals surface area contributed by atoms with Crippen LogP contribution in [0.3, 0.4) is 0 Å². The second-order valence-corrected chi connectivity index (χ2v) is 5.02. The van der Waals surface area contributed by atoms with E-state index in [1.165, 1.54) is 19.3 Å². The van der Waals surface area contributed by atoms with E-state index in [1.807, 2.05) is 19.2 Å². The minimum atomic E-state index is -0.148. The molecule has 0 aliphatic heterocycles. The van der Waals surface area contributed by atoms with E-state index in [9.17, 15) is 4.79 Å². The van der Waals surface area contributed by atoms with Gasteiger partial charge in [-0.2, -0.15) is 0 Å². The molecule has 100 valence electrons. The van der Waals surface area contributed by atoms with E-state index < -0.39 is 0 Å². The average Bonchev–Trinajstić information content (AvgIpc) is 2.40. The maximum atomic E-state index is 12.2. The van der Waals surface area contributed by atoms with Crippen LogP contribution in [0, 0.1) is 17.8 Å². The average molecular weight is 257 g/mol. The number of rotatable bonds is 3. The summed E-state index contributed by atoms with van der Waals surface area (Å²) in [4.78, 5) is 14.0. The maximum Gasteiger partial charge on any atom is 0.253 e. The highest BCUT2D eigenvalue weighted by Crippen LogP contribution is 2.27. The molecule has 0 saturated heterocycles. The highest BCUT2D eigenvalue weighted by molar-refractivity contribution is 5.94. The lowest BCUT2D eigenvalue weighted by molar-refractivity contribution is 0.0745. The first-order chi connectivity index (χ1) is 9.20. The van der Waals surface area contributed by atoms with E-state index in [-0.39, 0.29) is 12.5 Å². The van der Waals surface area contributed by atoms with Gasteiger partial charge in [-0.25, -0.2) is 0 Å². The van der Waals surface area contributed by atoms with Gasteiger partial charge in [-0.15, -0.1) is 0 Å². The Balaban J connectivity index is 1.98. The predicted molar refractivity (Wildman–Crippen MR) is 74.7 cm³/mol. The van der Waals surface area contributed by atoms with Crippen molar-refractivity contribution in [1.29, 1.82) is 0 Å². The Labute approximate surface area is 114 Å². The summed E-state index contributed by atoms with van der Waals surface area (Å²) in [5.41, 5.74) is 1.50. The fourth-order valence-electron chi connectivity index (χ4n) is 2.20. The molecule has 1 aliphatic rings. The van der Waals surface area contributed by atoms with Gasteiger partial charge < -0.3 is 10.0 Å². The Morgan fingerprint density at radius 1 is 1.37 bits per heavy atom. The number of benzene rings is 1. The summed E-state index contributed by atoms with van der Waals surface area (Å²) in [5, 5.41) is 8.62. The number of carbonyl (C=O) groups is 1. The molecule has 1 aliphatic carbocycles. The van der Waals surface area contributed by atoms with Crippen LogP contribution in [0.15, 0.2) is 24.3 Å². The van der Waals surface area contributed by atoms with Crippen molar-refractivity contribution < 1.29 is 9.90 Å². The van der Waals surface area contributed by atoms with Crippen molar-refractivity contribution in [3.63, 3.8) is 0 Å². The summed E-state index contributed by atoms with van der Waals surface area (Å²) in [6, 6.07) is 7.21. The molecule has 3 nitrogen and oxygen atoms in total.